The molecule has 0 aliphatic carbocycles. The molecular weight excluding hydrogens is 232 g/mol. The summed E-state index contributed by atoms with van der Waals surface area (Å²) in [6.45, 7) is 24.0. The summed E-state index contributed by atoms with van der Waals surface area (Å²) in [6, 6.07) is 0. The van der Waals surface area contributed by atoms with Crippen LogP contribution in [0.15, 0.2) is 12.2 Å². The smallest absolute Gasteiger partial charge is 0.0181 e. The van der Waals surface area contributed by atoms with Gasteiger partial charge in [-0.1, -0.05) is 19.4 Å². The van der Waals surface area contributed by atoms with E-state index in [0.29, 0.717) is 0 Å². The van der Waals surface area contributed by atoms with E-state index >= 15 is 0 Å². The summed E-state index contributed by atoms with van der Waals surface area (Å²) in [6.07, 6.45) is 1.96. The summed E-state index contributed by atoms with van der Waals surface area (Å²) < 4.78 is 0. The lowest BCUT2D eigenvalue weighted by atomic mass is 9.67. The number of nitrogens with one attached hydrogen (secondary N) is 1. The molecule has 0 heterocycles. The Morgan fingerprint density at radius 3 is 1.74 bits per heavy atom. The molecule has 0 spiro atoms. The van der Waals surface area contributed by atoms with Crippen LogP contribution in [0.4, 0.5) is 0 Å². The van der Waals surface area contributed by atoms with E-state index in [1.165, 1.54) is 5.57 Å². The van der Waals surface area contributed by atoms with Gasteiger partial charge in [-0.25, -0.2) is 0 Å². The van der Waals surface area contributed by atoms with Crippen molar-refractivity contribution < 1.29 is 0 Å². The fourth-order valence-corrected chi connectivity index (χ4v) is 3.17. The van der Waals surface area contributed by atoms with E-state index in [2.05, 4.69) is 74.2 Å². The van der Waals surface area contributed by atoms with Gasteiger partial charge in [0.2, 0.25) is 0 Å². The fourth-order valence-electron chi connectivity index (χ4n) is 3.17. The minimum atomic E-state index is -0.152. The second-order valence-electron chi connectivity index (χ2n) is 8.82. The van der Waals surface area contributed by atoms with Gasteiger partial charge in [0.1, 0.15) is 0 Å². The van der Waals surface area contributed by atoms with Crippen molar-refractivity contribution >= 4 is 0 Å². The van der Waals surface area contributed by atoms with E-state index in [0.717, 1.165) is 12.8 Å². The number of hydrogen-bond donors (Lipinski definition) is 2. The molecule has 0 aromatic heterocycles. The van der Waals surface area contributed by atoms with Crippen molar-refractivity contribution in [3.05, 3.63) is 12.2 Å². The highest BCUT2D eigenvalue weighted by molar-refractivity contribution is 5.04. The van der Waals surface area contributed by atoms with Crippen molar-refractivity contribution in [2.24, 2.45) is 11.1 Å². The highest BCUT2D eigenvalue weighted by Gasteiger charge is 2.42. The standard InChI is InChI=1S/C17H36N2/c1-13(2)11-16(7,8)19-17(9,10)14(3,4)12-15(5,6)18/h19H,1,11-12,18H2,2-10H3. The van der Waals surface area contributed by atoms with Crippen LogP contribution in [0.25, 0.3) is 0 Å². The minimum absolute atomic E-state index is 0.00257. The Kier molecular flexibility index (Phi) is 5.47. The molecule has 0 unspecified atom stereocenters. The second kappa shape index (κ2) is 5.57. The predicted molar refractivity (Wildman–Crippen MR) is 87.4 cm³/mol. The maximum atomic E-state index is 6.22. The van der Waals surface area contributed by atoms with Crippen LogP contribution in [0.3, 0.4) is 0 Å². The van der Waals surface area contributed by atoms with Gasteiger partial charge >= 0.3 is 0 Å². The van der Waals surface area contributed by atoms with Gasteiger partial charge in [0.05, 0.1) is 0 Å². The average molecular weight is 268 g/mol. The molecule has 2 heteroatoms. The molecule has 0 fully saturated rings. The maximum absolute atomic E-state index is 6.22. The maximum Gasteiger partial charge on any atom is 0.0181 e. The summed E-state index contributed by atoms with van der Waals surface area (Å²) >= 11 is 0. The Hall–Kier alpha value is -0.340. The minimum Gasteiger partial charge on any atom is -0.326 e. The van der Waals surface area contributed by atoms with Gasteiger partial charge in [-0.15, -0.1) is 6.58 Å². The molecule has 0 aliphatic heterocycles. The molecule has 19 heavy (non-hydrogen) atoms. The molecule has 2 nitrogen and oxygen atoms in total. The van der Waals surface area contributed by atoms with E-state index in [1.807, 2.05) is 0 Å². The molecule has 0 saturated heterocycles. The Morgan fingerprint density at radius 2 is 1.42 bits per heavy atom. The van der Waals surface area contributed by atoms with Crippen molar-refractivity contribution in [3.63, 3.8) is 0 Å². The van der Waals surface area contributed by atoms with Crippen molar-refractivity contribution in [1.29, 1.82) is 0 Å². The van der Waals surface area contributed by atoms with E-state index < -0.39 is 0 Å². The quantitative estimate of drug-likeness (QED) is 0.677. The van der Waals surface area contributed by atoms with Gasteiger partial charge in [-0.3, -0.25) is 0 Å². The fraction of sp³-hybridized carbons (Fsp3) is 0.882. The number of nitrogens with two attached hydrogens (primary N) is 1. The zero-order chi connectivity index (χ0) is 15.7. The van der Waals surface area contributed by atoms with E-state index in [4.69, 9.17) is 5.73 Å². The third-order valence-corrected chi connectivity index (χ3v) is 3.98. The van der Waals surface area contributed by atoms with Gasteiger partial charge in [0.25, 0.3) is 0 Å². The lowest BCUT2D eigenvalue weighted by molar-refractivity contribution is 0.0849. The first-order valence-corrected chi connectivity index (χ1v) is 7.31. The monoisotopic (exact) mass is 268 g/mol. The molecule has 0 bridgehead atoms. The summed E-state index contributed by atoms with van der Waals surface area (Å²) in [5, 5.41) is 3.81. The molecule has 114 valence electrons. The molecule has 0 amide bonds. The average Bonchev–Trinajstić information content (AvgIpc) is 1.91. The van der Waals surface area contributed by atoms with E-state index in [1.54, 1.807) is 0 Å². The van der Waals surface area contributed by atoms with Crippen LogP contribution in [-0.2, 0) is 0 Å². The molecule has 0 atom stereocenters. The van der Waals surface area contributed by atoms with Crippen LogP contribution in [0, 0.1) is 5.41 Å². The second-order valence-corrected chi connectivity index (χ2v) is 8.82. The van der Waals surface area contributed by atoms with Crippen molar-refractivity contribution in [2.75, 3.05) is 0 Å². The first kappa shape index (κ1) is 18.7. The Bertz CT molecular complexity index is 317. The van der Waals surface area contributed by atoms with E-state index in [-0.39, 0.29) is 22.0 Å². The lowest BCUT2D eigenvalue weighted by Gasteiger charge is -2.49. The summed E-state index contributed by atoms with van der Waals surface area (Å²) in [4.78, 5) is 0. The van der Waals surface area contributed by atoms with E-state index in [9.17, 15) is 0 Å². The molecule has 0 radical (unpaired) electrons. The van der Waals surface area contributed by atoms with Gasteiger partial charge in [0.15, 0.2) is 0 Å². The highest BCUT2D eigenvalue weighted by Crippen LogP contribution is 2.39. The largest absolute Gasteiger partial charge is 0.326 e. The van der Waals surface area contributed by atoms with Crippen LogP contribution >= 0.6 is 0 Å². The summed E-state index contributed by atoms with van der Waals surface area (Å²) in [7, 11) is 0. The van der Waals surface area contributed by atoms with Crippen LogP contribution in [0.2, 0.25) is 0 Å². The third-order valence-electron chi connectivity index (χ3n) is 3.98. The topological polar surface area (TPSA) is 38.0 Å². The first-order chi connectivity index (χ1) is 8.08. The van der Waals surface area contributed by atoms with Crippen molar-refractivity contribution in [1.82, 2.24) is 5.32 Å². The van der Waals surface area contributed by atoms with Gasteiger partial charge in [-0.05, 0) is 66.7 Å². The van der Waals surface area contributed by atoms with Crippen LogP contribution < -0.4 is 11.1 Å². The molecule has 0 aliphatic rings. The van der Waals surface area contributed by atoms with Gasteiger partial charge in [0, 0.05) is 16.6 Å². The zero-order valence-electron chi connectivity index (χ0n) is 14.7. The van der Waals surface area contributed by atoms with Gasteiger partial charge < -0.3 is 11.1 Å². The summed E-state index contributed by atoms with van der Waals surface area (Å²) in [5.41, 5.74) is 7.44. The predicted octanol–water partition coefficient (Wildman–Crippen LogP) is 4.25. The highest BCUT2D eigenvalue weighted by atomic mass is 15.1. The van der Waals surface area contributed by atoms with Crippen LogP contribution in [0.1, 0.15) is 75.2 Å². The van der Waals surface area contributed by atoms with Crippen LogP contribution in [0.5, 0.6) is 0 Å². The normalized spacial score (nSPS) is 14.6. The summed E-state index contributed by atoms with van der Waals surface area (Å²) in [5.74, 6) is 0. The molecule has 3 N–H and O–H groups in total. The third kappa shape index (κ3) is 6.58. The Morgan fingerprint density at radius 1 is 1.00 bits per heavy atom. The molecular formula is C17H36N2. The molecule has 0 aromatic carbocycles. The molecule has 0 aromatic rings. The van der Waals surface area contributed by atoms with Crippen molar-refractivity contribution in [3.8, 4) is 0 Å². The Labute approximate surface area is 121 Å². The van der Waals surface area contributed by atoms with Crippen LogP contribution in [-0.4, -0.2) is 16.6 Å². The lowest BCUT2D eigenvalue weighted by Crippen LogP contribution is -2.61. The van der Waals surface area contributed by atoms with Gasteiger partial charge in [-0.2, -0.15) is 0 Å². The zero-order valence-corrected chi connectivity index (χ0v) is 14.7. The SMILES string of the molecule is C=C(C)CC(C)(C)NC(C)(C)C(C)(C)CC(C)(C)N. The first-order valence-electron chi connectivity index (χ1n) is 7.31. The number of hydrogen-bond acceptors (Lipinski definition) is 2. The van der Waals surface area contributed by atoms with Crippen molar-refractivity contribution in [2.45, 2.75) is 91.8 Å². The number of rotatable bonds is 7. The molecule has 0 rings (SSSR count). The Balaban J connectivity index is 5.00. The molecule has 0 saturated carbocycles.